The van der Waals surface area contributed by atoms with E-state index in [-0.39, 0.29) is 5.41 Å². The van der Waals surface area contributed by atoms with Gasteiger partial charge in [0.1, 0.15) is 0 Å². The highest BCUT2D eigenvalue weighted by molar-refractivity contribution is 5.07. The van der Waals surface area contributed by atoms with Crippen LogP contribution in [0.25, 0.3) is 0 Å². The van der Waals surface area contributed by atoms with E-state index >= 15 is 0 Å². The molecule has 3 saturated heterocycles. The first-order chi connectivity index (χ1) is 8.04. The summed E-state index contributed by atoms with van der Waals surface area (Å²) in [6.45, 7) is 9.98. The quantitative estimate of drug-likeness (QED) is 0.748. The normalized spacial score (nSPS) is 33.0. The Morgan fingerprint density at radius 3 is 2.41 bits per heavy atom. The Hall–Kier alpha value is -0.900. The molecule has 0 aliphatic carbocycles. The van der Waals surface area contributed by atoms with Gasteiger partial charge < -0.3 is 9.42 Å². The lowest BCUT2D eigenvalue weighted by molar-refractivity contribution is 0.0727. The third-order valence-corrected chi connectivity index (χ3v) is 4.09. The largest absolute Gasteiger partial charge is 0.339 e. The van der Waals surface area contributed by atoms with Gasteiger partial charge in [-0.15, -0.1) is 0 Å². The molecule has 4 heteroatoms. The van der Waals surface area contributed by atoms with Crippen molar-refractivity contribution in [3.8, 4) is 0 Å². The molecule has 17 heavy (non-hydrogen) atoms. The van der Waals surface area contributed by atoms with Crippen molar-refractivity contribution in [2.45, 2.75) is 44.9 Å². The summed E-state index contributed by atoms with van der Waals surface area (Å²) in [6, 6.07) is 0. The van der Waals surface area contributed by atoms with Crippen LogP contribution in [0.1, 0.15) is 51.2 Å². The molecule has 3 fully saturated rings. The second kappa shape index (κ2) is 3.80. The third-order valence-electron chi connectivity index (χ3n) is 4.09. The zero-order valence-electron chi connectivity index (χ0n) is 10.9. The lowest BCUT2D eigenvalue weighted by Crippen LogP contribution is -2.46. The predicted octanol–water partition coefficient (Wildman–Crippen LogP) is 2.18. The first-order valence-corrected chi connectivity index (χ1v) is 6.60. The van der Waals surface area contributed by atoms with Crippen molar-refractivity contribution in [3.63, 3.8) is 0 Å². The number of nitrogens with zero attached hydrogens (tertiary/aromatic N) is 3. The minimum atomic E-state index is -0.0181. The molecule has 1 aromatic heterocycles. The van der Waals surface area contributed by atoms with Gasteiger partial charge in [-0.2, -0.15) is 4.98 Å². The number of aromatic nitrogens is 2. The second-order valence-corrected chi connectivity index (χ2v) is 6.45. The van der Waals surface area contributed by atoms with Crippen molar-refractivity contribution in [3.05, 3.63) is 11.7 Å². The Labute approximate surface area is 102 Å². The molecule has 4 rings (SSSR count). The molecule has 4 nitrogen and oxygen atoms in total. The van der Waals surface area contributed by atoms with Crippen molar-refractivity contribution in [1.82, 2.24) is 15.0 Å². The van der Waals surface area contributed by atoms with Gasteiger partial charge in [0, 0.05) is 12.0 Å². The highest BCUT2D eigenvalue weighted by atomic mass is 16.5. The molecule has 0 saturated carbocycles. The molecule has 0 spiro atoms. The van der Waals surface area contributed by atoms with E-state index in [1.165, 1.54) is 25.9 Å². The summed E-state index contributed by atoms with van der Waals surface area (Å²) in [5.41, 5.74) is -0.0181. The number of fused-ring (bicyclic) bond motifs is 3. The minimum absolute atomic E-state index is 0.0181. The molecule has 2 bridgehead atoms. The molecule has 94 valence electrons. The van der Waals surface area contributed by atoms with E-state index in [0.29, 0.717) is 5.92 Å². The second-order valence-electron chi connectivity index (χ2n) is 6.45. The Morgan fingerprint density at radius 2 is 1.94 bits per heavy atom. The van der Waals surface area contributed by atoms with Crippen LogP contribution in [0, 0.1) is 5.92 Å². The van der Waals surface area contributed by atoms with Crippen LogP contribution in [0.5, 0.6) is 0 Å². The van der Waals surface area contributed by atoms with Crippen LogP contribution >= 0.6 is 0 Å². The van der Waals surface area contributed by atoms with Crippen molar-refractivity contribution >= 4 is 0 Å². The van der Waals surface area contributed by atoms with Gasteiger partial charge in [-0.1, -0.05) is 25.9 Å². The van der Waals surface area contributed by atoms with Gasteiger partial charge in [0.15, 0.2) is 5.82 Å². The SMILES string of the molecule is CC(C)(C)c1noc(C2CN3CCC2CC3)n1. The molecule has 0 amide bonds. The van der Waals surface area contributed by atoms with E-state index in [2.05, 4.69) is 35.8 Å². The molecule has 1 aromatic rings. The Kier molecular flexibility index (Phi) is 2.51. The van der Waals surface area contributed by atoms with Crippen LogP contribution in [0.15, 0.2) is 4.52 Å². The smallest absolute Gasteiger partial charge is 0.231 e. The molecule has 1 atom stereocenters. The summed E-state index contributed by atoms with van der Waals surface area (Å²) < 4.78 is 5.50. The molecular formula is C13H21N3O. The van der Waals surface area contributed by atoms with E-state index in [0.717, 1.165) is 24.2 Å². The summed E-state index contributed by atoms with van der Waals surface area (Å²) in [5.74, 6) is 2.93. The lowest BCUT2D eigenvalue weighted by Gasteiger charge is -2.43. The van der Waals surface area contributed by atoms with Crippen molar-refractivity contribution in [2.75, 3.05) is 19.6 Å². The average Bonchev–Trinajstić information content (AvgIpc) is 2.79. The van der Waals surface area contributed by atoms with Crippen LogP contribution in [0.2, 0.25) is 0 Å². The maximum atomic E-state index is 5.50. The minimum Gasteiger partial charge on any atom is -0.339 e. The Balaban J connectivity index is 1.83. The number of hydrogen-bond donors (Lipinski definition) is 0. The number of rotatable bonds is 1. The third kappa shape index (κ3) is 1.99. The van der Waals surface area contributed by atoms with Gasteiger partial charge in [-0.05, 0) is 31.8 Å². The van der Waals surface area contributed by atoms with E-state index < -0.39 is 0 Å². The van der Waals surface area contributed by atoms with Crippen LogP contribution < -0.4 is 0 Å². The van der Waals surface area contributed by atoms with Gasteiger partial charge in [0.25, 0.3) is 0 Å². The Bertz CT molecular complexity index is 399. The zero-order chi connectivity index (χ0) is 12.0. The van der Waals surface area contributed by atoms with Gasteiger partial charge in [-0.3, -0.25) is 0 Å². The molecular weight excluding hydrogens is 214 g/mol. The summed E-state index contributed by atoms with van der Waals surface area (Å²) in [7, 11) is 0. The maximum absolute atomic E-state index is 5.50. The van der Waals surface area contributed by atoms with E-state index in [4.69, 9.17) is 4.52 Å². The monoisotopic (exact) mass is 235 g/mol. The summed E-state index contributed by atoms with van der Waals surface area (Å²) in [5, 5.41) is 4.14. The highest BCUT2D eigenvalue weighted by Gasteiger charge is 2.38. The van der Waals surface area contributed by atoms with Gasteiger partial charge in [-0.25, -0.2) is 0 Å². The number of piperidine rings is 3. The molecule has 3 aliphatic heterocycles. The van der Waals surface area contributed by atoms with E-state index in [9.17, 15) is 0 Å². The first kappa shape index (κ1) is 11.2. The van der Waals surface area contributed by atoms with E-state index in [1.54, 1.807) is 0 Å². The van der Waals surface area contributed by atoms with Crippen LogP contribution in [-0.2, 0) is 5.41 Å². The number of hydrogen-bond acceptors (Lipinski definition) is 4. The van der Waals surface area contributed by atoms with Gasteiger partial charge in [0.05, 0.1) is 5.92 Å². The standard InChI is InChI=1S/C13H21N3O/c1-13(2,3)12-14-11(17-15-12)10-8-16-6-4-9(10)5-7-16/h9-10H,4-8H2,1-3H3. The summed E-state index contributed by atoms with van der Waals surface area (Å²) in [4.78, 5) is 7.14. The first-order valence-electron chi connectivity index (χ1n) is 6.60. The predicted molar refractivity (Wildman–Crippen MR) is 64.9 cm³/mol. The van der Waals surface area contributed by atoms with Crippen LogP contribution in [0.4, 0.5) is 0 Å². The molecule has 4 heterocycles. The fraction of sp³-hybridized carbons (Fsp3) is 0.846. The van der Waals surface area contributed by atoms with Crippen molar-refractivity contribution < 1.29 is 4.52 Å². The lowest BCUT2D eigenvalue weighted by atomic mass is 9.79. The average molecular weight is 235 g/mol. The highest BCUT2D eigenvalue weighted by Crippen LogP contribution is 2.38. The molecule has 3 aliphatic rings. The summed E-state index contributed by atoms with van der Waals surface area (Å²) >= 11 is 0. The van der Waals surface area contributed by atoms with E-state index in [1.807, 2.05) is 0 Å². The maximum Gasteiger partial charge on any atom is 0.231 e. The molecule has 0 radical (unpaired) electrons. The van der Waals surface area contributed by atoms with Crippen molar-refractivity contribution in [2.24, 2.45) is 5.92 Å². The molecule has 0 N–H and O–H groups in total. The van der Waals surface area contributed by atoms with Crippen LogP contribution in [-0.4, -0.2) is 34.7 Å². The molecule has 1 unspecified atom stereocenters. The fourth-order valence-corrected chi connectivity index (χ4v) is 2.94. The zero-order valence-corrected chi connectivity index (χ0v) is 10.9. The van der Waals surface area contributed by atoms with Crippen molar-refractivity contribution in [1.29, 1.82) is 0 Å². The van der Waals surface area contributed by atoms with Gasteiger partial charge in [0.2, 0.25) is 5.89 Å². The van der Waals surface area contributed by atoms with Crippen LogP contribution in [0.3, 0.4) is 0 Å². The topological polar surface area (TPSA) is 42.2 Å². The molecule has 0 aromatic carbocycles. The summed E-state index contributed by atoms with van der Waals surface area (Å²) in [6.07, 6.45) is 2.58. The Morgan fingerprint density at radius 1 is 1.24 bits per heavy atom. The van der Waals surface area contributed by atoms with Gasteiger partial charge >= 0.3 is 0 Å². The fourth-order valence-electron chi connectivity index (χ4n) is 2.94.